The highest BCUT2D eigenvalue weighted by Gasteiger charge is 2.26. The lowest BCUT2D eigenvalue weighted by molar-refractivity contribution is -0.135. The number of hydrogen-bond acceptors (Lipinski definition) is 4. The second-order valence-electron chi connectivity index (χ2n) is 3.54. The minimum absolute atomic E-state index is 0.0583. The monoisotopic (exact) mass is 262 g/mol. The van der Waals surface area contributed by atoms with E-state index >= 15 is 0 Å². The van der Waals surface area contributed by atoms with Crippen LogP contribution in [-0.2, 0) is 0 Å². The van der Waals surface area contributed by atoms with E-state index < -0.39 is 18.5 Å². The molecule has 1 rings (SSSR count). The van der Waals surface area contributed by atoms with Gasteiger partial charge in [-0.05, 0) is 12.5 Å². The van der Waals surface area contributed by atoms with Crippen LogP contribution in [0.3, 0.4) is 0 Å². The normalized spacial score (nSPS) is 11.1. The SMILES string of the molecule is NNc1ccncc1C(=O)NCCCC(F)(F)F. The van der Waals surface area contributed by atoms with Gasteiger partial charge in [-0.25, -0.2) is 0 Å². The lowest BCUT2D eigenvalue weighted by Crippen LogP contribution is -2.27. The Hall–Kier alpha value is -1.83. The molecule has 0 unspecified atom stereocenters. The Labute approximate surface area is 102 Å². The number of anilines is 1. The average molecular weight is 262 g/mol. The molecule has 0 aliphatic rings. The first-order valence-corrected chi connectivity index (χ1v) is 5.19. The van der Waals surface area contributed by atoms with Crippen molar-refractivity contribution in [2.24, 2.45) is 5.84 Å². The van der Waals surface area contributed by atoms with Gasteiger partial charge in [0.25, 0.3) is 5.91 Å². The van der Waals surface area contributed by atoms with E-state index in [2.05, 4.69) is 15.7 Å². The van der Waals surface area contributed by atoms with E-state index in [9.17, 15) is 18.0 Å². The van der Waals surface area contributed by atoms with Crippen molar-refractivity contribution < 1.29 is 18.0 Å². The largest absolute Gasteiger partial charge is 0.389 e. The topological polar surface area (TPSA) is 80.0 Å². The Morgan fingerprint density at radius 2 is 2.17 bits per heavy atom. The van der Waals surface area contributed by atoms with Gasteiger partial charge < -0.3 is 10.7 Å². The molecule has 0 aliphatic carbocycles. The maximum atomic E-state index is 11.9. The van der Waals surface area contributed by atoms with Crippen LogP contribution in [-0.4, -0.2) is 23.6 Å². The molecular formula is C10H13F3N4O. The summed E-state index contributed by atoms with van der Waals surface area (Å²) in [4.78, 5) is 15.4. The molecule has 0 radical (unpaired) electrons. The number of amides is 1. The number of nitrogens with zero attached hydrogens (tertiary/aromatic N) is 1. The van der Waals surface area contributed by atoms with Crippen molar-refractivity contribution in [2.45, 2.75) is 19.0 Å². The molecular weight excluding hydrogens is 249 g/mol. The molecule has 100 valence electrons. The van der Waals surface area contributed by atoms with Crippen LogP contribution in [0.15, 0.2) is 18.5 Å². The van der Waals surface area contributed by atoms with Crippen LogP contribution in [0.1, 0.15) is 23.2 Å². The number of carbonyl (C=O) groups is 1. The fourth-order valence-electron chi connectivity index (χ4n) is 1.29. The highest BCUT2D eigenvalue weighted by atomic mass is 19.4. The van der Waals surface area contributed by atoms with Crippen LogP contribution < -0.4 is 16.6 Å². The van der Waals surface area contributed by atoms with Gasteiger partial charge in [-0.1, -0.05) is 0 Å². The summed E-state index contributed by atoms with van der Waals surface area (Å²) in [5.74, 6) is 4.68. The van der Waals surface area contributed by atoms with E-state index in [0.717, 1.165) is 0 Å². The van der Waals surface area contributed by atoms with Gasteiger partial charge in [-0.15, -0.1) is 0 Å². The predicted octanol–water partition coefficient (Wildman–Crippen LogP) is 1.44. The van der Waals surface area contributed by atoms with Crippen molar-refractivity contribution in [2.75, 3.05) is 12.0 Å². The molecule has 0 bridgehead atoms. The molecule has 1 aromatic heterocycles. The maximum Gasteiger partial charge on any atom is 0.389 e. The van der Waals surface area contributed by atoms with Crippen molar-refractivity contribution in [3.63, 3.8) is 0 Å². The van der Waals surface area contributed by atoms with E-state index in [1.807, 2.05) is 0 Å². The lowest BCUT2D eigenvalue weighted by Gasteiger charge is -2.09. The summed E-state index contributed by atoms with van der Waals surface area (Å²) in [7, 11) is 0. The first-order valence-electron chi connectivity index (χ1n) is 5.19. The number of rotatable bonds is 5. The van der Waals surface area contributed by atoms with E-state index in [4.69, 9.17) is 5.84 Å². The molecule has 8 heteroatoms. The zero-order chi connectivity index (χ0) is 13.6. The minimum atomic E-state index is -4.21. The number of alkyl halides is 3. The van der Waals surface area contributed by atoms with Gasteiger partial charge in [0, 0.05) is 25.4 Å². The summed E-state index contributed by atoms with van der Waals surface area (Å²) in [6.45, 7) is -0.0583. The van der Waals surface area contributed by atoms with Gasteiger partial charge >= 0.3 is 6.18 Å². The number of hydrogen-bond donors (Lipinski definition) is 3. The third-order valence-electron chi connectivity index (χ3n) is 2.14. The van der Waals surface area contributed by atoms with Crippen molar-refractivity contribution in [3.8, 4) is 0 Å². The van der Waals surface area contributed by atoms with Crippen LogP contribution in [0.5, 0.6) is 0 Å². The van der Waals surface area contributed by atoms with E-state index in [0.29, 0.717) is 5.69 Å². The number of nitrogens with two attached hydrogens (primary N) is 1. The molecule has 0 saturated heterocycles. The number of halogens is 3. The Kier molecular flexibility index (Phi) is 4.90. The molecule has 18 heavy (non-hydrogen) atoms. The standard InChI is InChI=1S/C10H13F3N4O/c11-10(12,13)3-1-4-16-9(18)7-6-15-5-2-8(7)17-14/h2,5-6H,1,3-4,14H2,(H,15,17)(H,16,18). The fraction of sp³-hybridized carbons (Fsp3) is 0.400. The van der Waals surface area contributed by atoms with Crippen LogP contribution >= 0.6 is 0 Å². The van der Waals surface area contributed by atoms with E-state index in [1.165, 1.54) is 18.5 Å². The van der Waals surface area contributed by atoms with E-state index in [-0.39, 0.29) is 18.5 Å². The molecule has 4 N–H and O–H groups in total. The number of carbonyl (C=O) groups excluding carboxylic acids is 1. The number of aromatic nitrogens is 1. The fourth-order valence-corrected chi connectivity index (χ4v) is 1.29. The Morgan fingerprint density at radius 3 is 2.78 bits per heavy atom. The Bertz CT molecular complexity index is 408. The molecule has 0 spiro atoms. The molecule has 1 aromatic rings. The van der Waals surface area contributed by atoms with Gasteiger partial charge in [0.2, 0.25) is 0 Å². The second-order valence-corrected chi connectivity index (χ2v) is 3.54. The summed E-state index contributed by atoms with van der Waals surface area (Å²) in [5, 5.41) is 2.37. The lowest BCUT2D eigenvalue weighted by atomic mass is 10.2. The highest BCUT2D eigenvalue weighted by molar-refractivity contribution is 5.99. The summed E-state index contributed by atoms with van der Waals surface area (Å²) in [6, 6.07) is 1.49. The van der Waals surface area contributed by atoms with Crippen molar-refractivity contribution in [1.29, 1.82) is 0 Å². The van der Waals surface area contributed by atoms with Crippen LogP contribution in [0.4, 0.5) is 18.9 Å². The predicted molar refractivity (Wildman–Crippen MR) is 59.7 cm³/mol. The molecule has 1 heterocycles. The maximum absolute atomic E-state index is 11.9. The van der Waals surface area contributed by atoms with Crippen molar-refractivity contribution >= 4 is 11.6 Å². The minimum Gasteiger partial charge on any atom is -0.352 e. The third-order valence-corrected chi connectivity index (χ3v) is 2.14. The number of hydrazine groups is 1. The zero-order valence-electron chi connectivity index (χ0n) is 9.42. The smallest absolute Gasteiger partial charge is 0.352 e. The second kappa shape index (κ2) is 6.20. The van der Waals surface area contributed by atoms with Crippen LogP contribution in [0.2, 0.25) is 0 Å². The van der Waals surface area contributed by atoms with Gasteiger partial charge in [0.15, 0.2) is 0 Å². The van der Waals surface area contributed by atoms with Crippen LogP contribution in [0.25, 0.3) is 0 Å². The third kappa shape index (κ3) is 4.58. The van der Waals surface area contributed by atoms with E-state index in [1.54, 1.807) is 0 Å². The molecule has 5 nitrogen and oxygen atoms in total. The first kappa shape index (κ1) is 14.2. The average Bonchev–Trinajstić information content (AvgIpc) is 2.33. The number of pyridine rings is 1. The Morgan fingerprint density at radius 1 is 1.44 bits per heavy atom. The molecule has 0 saturated carbocycles. The van der Waals surface area contributed by atoms with Gasteiger partial charge in [0.1, 0.15) is 0 Å². The van der Waals surface area contributed by atoms with Gasteiger partial charge in [0.05, 0.1) is 11.3 Å². The zero-order valence-corrected chi connectivity index (χ0v) is 9.42. The first-order chi connectivity index (χ1) is 8.44. The molecule has 0 atom stereocenters. The van der Waals surface area contributed by atoms with Crippen LogP contribution in [0, 0.1) is 0 Å². The summed E-state index contributed by atoms with van der Waals surface area (Å²) in [6.07, 6.45) is -2.57. The Balaban J connectivity index is 2.46. The molecule has 0 fully saturated rings. The molecule has 1 amide bonds. The molecule has 0 aliphatic heterocycles. The summed E-state index contributed by atoms with van der Waals surface area (Å²) >= 11 is 0. The van der Waals surface area contributed by atoms with Crippen molar-refractivity contribution in [1.82, 2.24) is 10.3 Å². The van der Waals surface area contributed by atoms with Crippen molar-refractivity contribution in [3.05, 3.63) is 24.0 Å². The molecule has 0 aromatic carbocycles. The van der Waals surface area contributed by atoms with Gasteiger partial charge in [-0.2, -0.15) is 13.2 Å². The number of nitrogen functional groups attached to an aromatic ring is 1. The summed E-state index contributed by atoms with van der Waals surface area (Å²) in [5.41, 5.74) is 2.86. The van der Waals surface area contributed by atoms with Gasteiger partial charge in [-0.3, -0.25) is 15.6 Å². The number of nitrogens with one attached hydrogen (secondary N) is 2. The summed E-state index contributed by atoms with van der Waals surface area (Å²) < 4.78 is 35.6. The quantitative estimate of drug-likeness (QED) is 0.426. The highest BCUT2D eigenvalue weighted by Crippen LogP contribution is 2.20.